The molecule has 0 bridgehead atoms. The first kappa shape index (κ1) is 25.2. The predicted octanol–water partition coefficient (Wildman–Crippen LogP) is 3.55. The minimum Gasteiger partial charge on any atom is -0.479 e. The van der Waals surface area contributed by atoms with Crippen molar-refractivity contribution in [2.75, 3.05) is 20.3 Å². The number of aliphatic carboxylic acids is 1. The van der Waals surface area contributed by atoms with Crippen molar-refractivity contribution in [3.8, 4) is 11.1 Å². The van der Waals surface area contributed by atoms with Gasteiger partial charge in [0, 0.05) is 13.0 Å². The number of methoxy groups -OCH3 is 1. The van der Waals surface area contributed by atoms with Crippen molar-refractivity contribution in [1.82, 2.24) is 10.6 Å². The highest BCUT2D eigenvalue weighted by Crippen LogP contribution is 2.44. The topological polar surface area (TPSA) is 114 Å². The third-order valence-corrected chi connectivity index (χ3v) is 5.96. The molecule has 182 valence electrons. The van der Waals surface area contributed by atoms with Crippen LogP contribution < -0.4 is 10.6 Å². The maximum absolute atomic E-state index is 12.9. The van der Waals surface area contributed by atoms with Crippen molar-refractivity contribution in [1.29, 1.82) is 0 Å². The van der Waals surface area contributed by atoms with Gasteiger partial charge in [0.1, 0.15) is 12.6 Å². The first-order chi connectivity index (χ1) is 16.2. The molecule has 0 heterocycles. The number of carboxylic acids is 1. The second kappa shape index (κ2) is 10.7. The molecule has 0 aliphatic heterocycles. The number of ether oxygens (including phenoxy) is 2. The van der Waals surface area contributed by atoms with E-state index in [4.69, 9.17) is 9.47 Å². The highest BCUT2D eigenvalue weighted by atomic mass is 16.5. The fraction of sp³-hybridized carbons (Fsp3) is 0.423. The summed E-state index contributed by atoms with van der Waals surface area (Å²) in [6, 6.07) is 15.1. The predicted molar refractivity (Wildman–Crippen MR) is 128 cm³/mol. The summed E-state index contributed by atoms with van der Waals surface area (Å²) in [7, 11) is 1.36. The van der Waals surface area contributed by atoms with Crippen molar-refractivity contribution < 1.29 is 29.0 Å². The van der Waals surface area contributed by atoms with Gasteiger partial charge in [-0.3, -0.25) is 4.79 Å². The van der Waals surface area contributed by atoms with Crippen molar-refractivity contribution >= 4 is 18.0 Å². The normalized spacial score (nSPS) is 15.1. The van der Waals surface area contributed by atoms with E-state index in [-0.39, 0.29) is 25.0 Å². The van der Waals surface area contributed by atoms with Crippen LogP contribution in [-0.4, -0.2) is 55.0 Å². The maximum Gasteiger partial charge on any atom is 0.407 e. The summed E-state index contributed by atoms with van der Waals surface area (Å²) < 4.78 is 10.5. The van der Waals surface area contributed by atoms with E-state index in [0.717, 1.165) is 22.3 Å². The molecule has 1 aliphatic rings. The largest absolute Gasteiger partial charge is 0.479 e. The molecule has 0 spiro atoms. The SMILES string of the molecule is COCC(C)(NC(=O)C(CC(C)C)NC(=O)OCC1c2ccccc2-c2ccccc21)C(=O)O. The molecule has 2 unspecified atom stereocenters. The Bertz CT molecular complexity index is 1010. The minimum absolute atomic E-state index is 0.0724. The van der Waals surface area contributed by atoms with Crippen LogP contribution >= 0.6 is 0 Å². The van der Waals surface area contributed by atoms with Crippen LogP contribution in [0, 0.1) is 5.92 Å². The summed E-state index contributed by atoms with van der Waals surface area (Å²) in [4.78, 5) is 37.2. The quantitative estimate of drug-likeness (QED) is 0.491. The lowest BCUT2D eigenvalue weighted by Crippen LogP contribution is -2.60. The Hall–Kier alpha value is -3.39. The number of rotatable bonds is 10. The molecule has 0 saturated heterocycles. The van der Waals surface area contributed by atoms with E-state index in [1.54, 1.807) is 0 Å². The Labute approximate surface area is 199 Å². The number of carbonyl (C=O) groups excluding carboxylic acids is 2. The second-order valence-corrected chi connectivity index (χ2v) is 9.21. The van der Waals surface area contributed by atoms with Gasteiger partial charge in [-0.25, -0.2) is 9.59 Å². The van der Waals surface area contributed by atoms with Gasteiger partial charge >= 0.3 is 12.1 Å². The molecule has 2 atom stereocenters. The van der Waals surface area contributed by atoms with Crippen molar-refractivity contribution in [2.45, 2.75) is 44.7 Å². The Morgan fingerprint density at radius 1 is 1.03 bits per heavy atom. The Morgan fingerprint density at radius 2 is 1.59 bits per heavy atom. The Kier molecular flexibility index (Phi) is 7.94. The summed E-state index contributed by atoms with van der Waals surface area (Å²) in [6.45, 7) is 5.08. The van der Waals surface area contributed by atoms with Crippen LogP contribution in [0.25, 0.3) is 11.1 Å². The monoisotopic (exact) mass is 468 g/mol. The molecule has 0 saturated carbocycles. The van der Waals surface area contributed by atoms with Gasteiger partial charge in [0.25, 0.3) is 0 Å². The summed E-state index contributed by atoms with van der Waals surface area (Å²) >= 11 is 0. The van der Waals surface area contributed by atoms with E-state index < -0.39 is 29.6 Å². The lowest BCUT2D eigenvalue weighted by atomic mass is 9.98. The fourth-order valence-corrected chi connectivity index (χ4v) is 4.28. The second-order valence-electron chi connectivity index (χ2n) is 9.21. The van der Waals surface area contributed by atoms with Gasteiger partial charge in [-0.05, 0) is 41.5 Å². The summed E-state index contributed by atoms with van der Waals surface area (Å²) in [6.07, 6.45) is -0.412. The van der Waals surface area contributed by atoms with Crippen LogP contribution in [0.15, 0.2) is 48.5 Å². The standard InChI is InChI=1S/C26H32N2O6/c1-16(2)13-22(23(29)28-26(3,15-33-4)24(30)31)27-25(32)34-14-21-19-11-7-5-9-17(19)18-10-6-8-12-20(18)21/h5-12,16,21-22H,13-15H2,1-4H3,(H,27,32)(H,28,29)(H,30,31). The van der Waals surface area contributed by atoms with Gasteiger partial charge < -0.3 is 25.2 Å². The van der Waals surface area contributed by atoms with E-state index in [1.807, 2.05) is 50.2 Å². The zero-order valence-corrected chi connectivity index (χ0v) is 20.0. The van der Waals surface area contributed by atoms with Gasteiger partial charge in [-0.15, -0.1) is 0 Å². The Balaban J connectivity index is 1.69. The van der Waals surface area contributed by atoms with E-state index in [1.165, 1.54) is 14.0 Å². The molecular formula is C26H32N2O6. The molecule has 34 heavy (non-hydrogen) atoms. The molecule has 3 N–H and O–H groups in total. The highest BCUT2D eigenvalue weighted by Gasteiger charge is 2.37. The highest BCUT2D eigenvalue weighted by molar-refractivity contribution is 5.91. The van der Waals surface area contributed by atoms with E-state index in [0.29, 0.717) is 6.42 Å². The van der Waals surface area contributed by atoms with Gasteiger partial charge in [-0.1, -0.05) is 62.4 Å². The van der Waals surface area contributed by atoms with Crippen molar-refractivity contribution in [2.24, 2.45) is 5.92 Å². The summed E-state index contributed by atoms with van der Waals surface area (Å²) in [5.41, 5.74) is 2.80. The van der Waals surface area contributed by atoms with Gasteiger partial charge in [0.2, 0.25) is 5.91 Å². The fourth-order valence-electron chi connectivity index (χ4n) is 4.28. The molecule has 3 rings (SSSR count). The van der Waals surface area contributed by atoms with Gasteiger partial charge in [0.15, 0.2) is 5.54 Å². The van der Waals surface area contributed by atoms with Crippen molar-refractivity contribution in [3.05, 3.63) is 59.7 Å². The number of hydrogen-bond donors (Lipinski definition) is 3. The molecule has 0 aromatic heterocycles. The van der Waals surface area contributed by atoms with Crippen molar-refractivity contribution in [3.63, 3.8) is 0 Å². The van der Waals surface area contributed by atoms with Crippen LogP contribution in [0.1, 0.15) is 44.2 Å². The van der Waals surface area contributed by atoms with Gasteiger partial charge in [-0.2, -0.15) is 0 Å². The maximum atomic E-state index is 12.9. The molecule has 8 nitrogen and oxygen atoms in total. The number of hydrogen-bond acceptors (Lipinski definition) is 5. The lowest BCUT2D eigenvalue weighted by molar-refractivity contribution is -0.149. The van der Waals surface area contributed by atoms with Crippen LogP contribution in [-0.2, 0) is 19.1 Å². The van der Waals surface area contributed by atoms with E-state index in [2.05, 4.69) is 22.8 Å². The molecule has 0 fully saturated rings. The summed E-state index contributed by atoms with van der Waals surface area (Å²) in [5.74, 6) is -1.87. The number of alkyl carbamates (subject to hydrolysis) is 1. The number of amides is 2. The number of benzene rings is 2. The van der Waals surface area contributed by atoms with E-state index >= 15 is 0 Å². The zero-order chi connectivity index (χ0) is 24.9. The van der Waals surface area contributed by atoms with Crippen LogP contribution in [0.3, 0.4) is 0 Å². The molecule has 2 aromatic carbocycles. The van der Waals surface area contributed by atoms with Crippen LogP contribution in [0.4, 0.5) is 4.79 Å². The van der Waals surface area contributed by atoms with E-state index in [9.17, 15) is 19.5 Å². The van der Waals surface area contributed by atoms with Crippen LogP contribution in [0.2, 0.25) is 0 Å². The third-order valence-electron chi connectivity index (χ3n) is 5.96. The lowest BCUT2D eigenvalue weighted by Gasteiger charge is -2.28. The number of carboxylic acid groups (broad SMARTS) is 1. The minimum atomic E-state index is -1.62. The average molecular weight is 469 g/mol. The number of carbonyl (C=O) groups is 3. The first-order valence-corrected chi connectivity index (χ1v) is 11.3. The number of nitrogens with one attached hydrogen (secondary N) is 2. The first-order valence-electron chi connectivity index (χ1n) is 11.3. The molecule has 8 heteroatoms. The zero-order valence-electron chi connectivity index (χ0n) is 20.0. The smallest absolute Gasteiger partial charge is 0.407 e. The number of fused-ring (bicyclic) bond motifs is 3. The molecule has 2 aromatic rings. The Morgan fingerprint density at radius 3 is 2.09 bits per heavy atom. The molecule has 2 amide bonds. The molecule has 0 radical (unpaired) electrons. The summed E-state index contributed by atoms with van der Waals surface area (Å²) in [5, 5.41) is 14.6. The van der Waals surface area contributed by atoms with Crippen LogP contribution in [0.5, 0.6) is 0 Å². The molecular weight excluding hydrogens is 436 g/mol. The van der Waals surface area contributed by atoms with Gasteiger partial charge in [0.05, 0.1) is 6.61 Å². The average Bonchev–Trinajstić information content (AvgIpc) is 3.10. The molecule has 1 aliphatic carbocycles. The third kappa shape index (κ3) is 5.56.